The summed E-state index contributed by atoms with van der Waals surface area (Å²) in [7, 11) is 0. The van der Waals surface area contributed by atoms with Crippen molar-refractivity contribution in [2.24, 2.45) is 0 Å². The quantitative estimate of drug-likeness (QED) is 0.102. The second kappa shape index (κ2) is 16.3. The first-order chi connectivity index (χ1) is 30.3. The zero-order chi connectivity index (χ0) is 42.5. The van der Waals surface area contributed by atoms with Crippen LogP contribution in [0.5, 0.6) is 0 Å². The maximum Gasteiger partial charge on any atom is 0.187 e. The number of anilines is 6. The molecule has 0 saturated heterocycles. The lowest BCUT2D eigenvalue weighted by atomic mass is 9.82. The number of nitriles is 1. The van der Waals surface area contributed by atoms with E-state index in [1.54, 1.807) is 0 Å². The summed E-state index contributed by atoms with van der Waals surface area (Å²) in [6.45, 7) is 16.7. The van der Waals surface area contributed by atoms with Gasteiger partial charge >= 0.3 is 0 Å². The van der Waals surface area contributed by atoms with Gasteiger partial charge in [-0.1, -0.05) is 114 Å². The highest BCUT2D eigenvalue weighted by Crippen LogP contribution is 2.53. The highest BCUT2D eigenvalue weighted by atomic mass is 15.2. The molecule has 2 aliphatic carbocycles. The van der Waals surface area contributed by atoms with Gasteiger partial charge in [0.05, 0.1) is 29.6 Å². The summed E-state index contributed by atoms with van der Waals surface area (Å²) in [5, 5.41) is 17.7. The molecule has 0 amide bonds. The molecular weight excluding hydrogens is 753 g/mol. The van der Waals surface area contributed by atoms with E-state index in [2.05, 4.69) is 158 Å². The van der Waals surface area contributed by atoms with Crippen LogP contribution < -0.4 is 9.80 Å². The van der Waals surface area contributed by atoms with Crippen LogP contribution in [0, 0.1) is 17.9 Å². The fraction of sp³-hybridized carbons (Fsp3) is 0.276. The molecule has 306 valence electrons. The Morgan fingerprint density at radius 1 is 0.500 bits per heavy atom. The molecule has 0 bridgehead atoms. The van der Waals surface area contributed by atoms with Crippen LogP contribution >= 0.6 is 0 Å². The first-order valence-corrected chi connectivity index (χ1v) is 22.9. The predicted molar refractivity (Wildman–Crippen MR) is 261 cm³/mol. The van der Waals surface area contributed by atoms with E-state index in [4.69, 9.17) is 6.57 Å². The van der Waals surface area contributed by atoms with Crippen LogP contribution in [-0.4, -0.2) is 0 Å². The third-order valence-electron chi connectivity index (χ3n) is 14.1. The van der Waals surface area contributed by atoms with Crippen LogP contribution in [0.25, 0.3) is 37.2 Å². The molecule has 0 radical (unpaired) electrons. The molecule has 62 heavy (non-hydrogen) atoms. The summed E-state index contributed by atoms with van der Waals surface area (Å²) in [5.41, 5.74) is 13.5. The highest BCUT2D eigenvalue weighted by molar-refractivity contribution is 6.29. The van der Waals surface area contributed by atoms with Gasteiger partial charge in [-0.3, -0.25) is 0 Å². The Bertz CT molecular complexity index is 2760. The Morgan fingerprint density at radius 2 is 0.855 bits per heavy atom. The molecule has 10 rings (SSSR count). The van der Waals surface area contributed by atoms with Crippen molar-refractivity contribution in [3.05, 3.63) is 173 Å². The van der Waals surface area contributed by atoms with Crippen molar-refractivity contribution in [1.82, 2.24) is 0 Å². The molecule has 8 aromatic rings. The van der Waals surface area contributed by atoms with Crippen molar-refractivity contribution in [3.63, 3.8) is 0 Å². The Morgan fingerprint density at radius 3 is 1.21 bits per heavy atom. The molecule has 2 fully saturated rings. The van der Waals surface area contributed by atoms with Gasteiger partial charge in [-0.25, -0.2) is 4.85 Å². The van der Waals surface area contributed by atoms with Crippen molar-refractivity contribution >= 4 is 72.1 Å². The fourth-order valence-corrected chi connectivity index (χ4v) is 10.8. The summed E-state index contributed by atoms with van der Waals surface area (Å²) in [6.07, 6.45) is 9.81. The lowest BCUT2D eigenvalue weighted by Crippen LogP contribution is -2.13. The van der Waals surface area contributed by atoms with Crippen molar-refractivity contribution < 1.29 is 0 Å². The van der Waals surface area contributed by atoms with E-state index in [0.29, 0.717) is 34.9 Å². The molecule has 0 aromatic heterocycles. The van der Waals surface area contributed by atoms with Crippen molar-refractivity contribution in [2.45, 2.75) is 103 Å². The smallest absolute Gasteiger partial charge is 0.187 e. The van der Waals surface area contributed by atoms with Gasteiger partial charge in [0.25, 0.3) is 0 Å². The zero-order valence-electron chi connectivity index (χ0n) is 36.5. The van der Waals surface area contributed by atoms with Gasteiger partial charge in [0.1, 0.15) is 0 Å². The van der Waals surface area contributed by atoms with Gasteiger partial charge in [-0.15, -0.1) is 0 Å². The van der Waals surface area contributed by atoms with Crippen molar-refractivity contribution in [1.29, 1.82) is 5.26 Å². The van der Waals surface area contributed by atoms with Gasteiger partial charge < -0.3 is 9.80 Å². The minimum atomic E-state index is 0.428. The van der Waals surface area contributed by atoms with E-state index in [0.717, 1.165) is 22.7 Å². The average molecular weight is 807 g/mol. The van der Waals surface area contributed by atoms with Crippen LogP contribution in [0.1, 0.15) is 131 Å². The normalized spacial score (nSPS) is 14.7. The molecule has 8 aromatic carbocycles. The fourth-order valence-electron chi connectivity index (χ4n) is 10.8. The molecule has 0 spiro atoms. The topological polar surface area (TPSA) is 34.6 Å². The van der Waals surface area contributed by atoms with Gasteiger partial charge in [0.2, 0.25) is 0 Å². The SMILES string of the molecule is [C-]#[N+]c1ccc(N(c2ccc(C(C)C)cc2)c2cc(C3CCCC3)c3ccc4c(N(c5ccc(C#N)cc5)c5ccc(C(C)C)cc5)cc(C5CCCC5)c5ccc2c3c54)cc1. The first kappa shape index (κ1) is 39.5. The number of nitrogens with zero attached hydrogens (tertiary/aromatic N) is 4. The summed E-state index contributed by atoms with van der Waals surface area (Å²) in [5.74, 6) is 1.82. The molecule has 4 nitrogen and oxygen atoms in total. The van der Waals surface area contributed by atoms with E-state index in [-0.39, 0.29) is 0 Å². The third kappa shape index (κ3) is 6.93. The molecule has 0 atom stereocenters. The van der Waals surface area contributed by atoms with Gasteiger partial charge in [0.15, 0.2) is 5.69 Å². The first-order valence-electron chi connectivity index (χ1n) is 22.9. The van der Waals surface area contributed by atoms with E-state index in [9.17, 15) is 5.26 Å². The molecule has 2 aliphatic rings. The van der Waals surface area contributed by atoms with Gasteiger partial charge in [-0.05, 0) is 166 Å². The minimum absolute atomic E-state index is 0.428. The van der Waals surface area contributed by atoms with Crippen molar-refractivity contribution in [2.75, 3.05) is 9.80 Å². The second-order valence-electron chi connectivity index (χ2n) is 18.5. The molecule has 2 saturated carbocycles. The molecule has 0 unspecified atom stereocenters. The van der Waals surface area contributed by atoms with E-state index in [1.165, 1.54) is 117 Å². The third-order valence-corrected chi connectivity index (χ3v) is 14.1. The van der Waals surface area contributed by atoms with E-state index >= 15 is 0 Å². The Balaban J connectivity index is 1.31. The Hall–Kier alpha value is -6.62. The lowest BCUT2D eigenvalue weighted by molar-refractivity contribution is 0.729. The van der Waals surface area contributed by atoms with Crippen LogP contribution in [0.2, 0.25) is 0 Å². The summed E-state index contributed by atoms with van der Waals surface area (Å²) < 4.78 is 0. The summed E-state index contributed by atoms with van der Waals surface area (Å²) >= 11 is 0. The van der Waals surface area contributed by atoms with Gasteiger partial charge in [-0.2, -0.15) is 5.26 Å². The Kier molecular flexibility index (Phi) is 10.4. The number of rotatable bonds is 10. The monoisotopic (exact) mass is 806 g/mol. The minimum Gasteiger partial charge on any atom is -0.310 e. The maximum atomic E-state index is 9.83. The standard InChI is InChI=1S/C58H54N4/c1-37(2)40-16-24-46(25-17-40)61(45-22-14-39(36-59)15-23-45)55-34-53(42-10-6-7-11-42)49-31-33-52-56(35-54(43-12-8-9-13-43)50-30-32-51(55)57(49)58(50)52)62(48-28-20-44(60-5)21-29-48)47-26-18-41(19-27-47)38(3)4/h14-35,37-38,42-43H,6-13H2,1-4H3. The lowest BCUT2D eigenvalue weighted by Gasteiger charge is -2.32. The average Bonchev–Trinajstić information content (AvgIpc) is 4.06. The van der Waals surface area contributed by atoms with Crippen LogP contribution in [0.15, 0.2) is 133 Å². The second-order valence-corrected chi connectivity index (χ2v) is 18.5. The van der Waals surface area contributed by atoms with Crippen molar-refractivity contribution in [3.8, 4) is 6.07 Å². The van der Waals surface area contributed by atoms with E-state index in [1.807, 2.05) is 24.3 Å². The van der Waals surface area contributed by atoms with Crippen LogP contribution in [0.4, 0.5) is 39.8 Å². The van der Waals surface area contributed by atoms with Gasteiger partial charge in [0, 0.05) is 33.5 Å². The largest absolute Gasteiger partial charge is 0.310 e. The Labute approximate surface area is 367 Å². The molecule has 0 N–H and O–H groups in total. The molecular formula is C58H54N4. The van der Waals surface area contributed by atoms with E-state index < -0.39 is 0 Å². The molecule has 0 heterocycles. The summed E-state index contributed by atoms with van der Waals surface area (Å²) in [4.78, 5) is 8.65. The number of hydrogen-bond donors (Lipinski definition) is 0. The predicted octanol–water partition coefficient (Wildman–Crippen LogP) is 17.5. The van der Waals surface area contributed by atoms with Crippen LogP contribution in [-0.2, 0) is 0 Å². The number of hydrogen-bond acceptors (Lipinski definition) is 3. The van der Waals surface area contributed by atoms with Crippen LogP contribution in [0.3, 0.4) is 0 Å². The zero-order valence-corrected chi connectivity index (χ0v) is 36.5. The molecule has 0 aliphatic heterocycles. The maximum absolute atomic E-state index is 9.83. The molecule has 4 heteroatoms. The number of benzene rings is 8. The summed E-state index contributed by atoms with van der Waals surface area (Å²) in [6, 6.07) is 51.6. The highest BCUT2D eigenvalue weighted by Gasteiger charge is 2.30.